The number of para-hydroxylation sites is 1. The first kappa shape index (κ1) is 11.9. The Kier molecular flexibility index (Phi) is 3.64. The largest absolute Gasteiger partial charge is 0.492 e. The molecule has 92 valence electrons. The van der Waals surface area contributed by atoms with Gasteiger partial charge < -0.3 is 15.2 Å². The monoisotopic (exact) mass is 235 g/mol. The van der Waals surface area contributed by atoms with Crippen LogP contribution in [0.1, 0.15) is 24.8 Å². The number of aliphatic hydroxyl groups is 1. The summed E-state index contributed by atoms with van der Waals surface area (Å²) in [5.41, 5.74) is 0.929. The Morgan fingerprint density at radius 3 is 3.06 bits per heavy atom. The van der Waals surface area contributed by atoms with Crippen molar-refractivity contribution < 1.29 is 14.6 Å². The Labute approximate surface area is 101 Å². The lowest BCUT2D eigenvalue weighted by Gasteiger charge is -2.16. The highest BCUT2D eigenvalue weighted by Gasteiger charge is 2.30. The maximum atomic E-state index is 12.0. The van der Waals surface area contributed by atoms with E-state index in [1.807, 2.05) is 31.2 Å². The Hall–Kier alpha value is -1.55. The van der Waals surface area contributed by atoms with E-state index >= 15 is 0 Å². The van der Waals surface area contributed by atoms with Crippen LogP contribution >= 0.6 is 0 Å². The lowest BCUT2D eigenvalue weighted by Crippen LogP contribution is -2.40. The molecule has 0 saturated heterocycles. The molecule has 0 aromatic heterocycles. The average molecular weight is 235 g/mol. The van der Waals surface area contributed by atoms with Crippen molar-refractivity contribution in [3.05, 3.63) is 29.8 Å². The fraction of sp³-hybridized carbons (Fsp3) is 0.462. The number of carbonyl (C=O) groups is 1. The minimum Gasteiger partial charge on any atom is -0.492 e. The van der Waals surface area contributed by atoms with Crippen molar-refractivity contribution in [3.8, 4) is 5.75 Å². The van der Waals surface area contributed by atoms with Gasteiger partial charge in [-0.1, -0.05) is 25.1 Å². The molecule has 1 aromatic rings. The maximum absolute atomic E-state index is 12.0. The molecule has 1 unspecified atom stereocenters. The number of carbonyl (C=O) groups excluding carboxylic acids is 1. The molecular weight excluding hydrogens is 218 g/mol. The van der Waals surface area contributed by atoms with E-state index in [9.17, 15) is 4.79 Å². The van der Waals surface area contributed by atoms with Crippen LogP contribution in [0.15, 0.2) is 24.3 Å². The predicted molar refractivity (Wildman–Crippen MR) is 64.0 cm³/mol. The molecule has 2 atom stereocenters. The molecule has 1 amide bonds. The molecule has 1 heterocycles. The van der Waals surface area contributed by atoms with Crippen LogP contribution in [0.5, 0.6) is 5.75 Å². The van der Waals surface area contributed by atoms with Crippen molar-refractivity contribution in [2.75, 3.05) is 13.2 Å². The minimum absolute atomic E-state index is 0.0303. The van der Waals surface area contributed by atoms with Crippen LogP contribution in [0.3, 0.4) is 0 Å². The first-order valence-corrected chi connectivity index (χ1v) is 5.89. The van der Waals surface area contributed by atoms with E-state index in [4.69, 9.17) is 9.84 Å². The maximum Gasteiger partial charge on any atom is 0.231 e. The first-order chi connectivity index (χ1) is 8.26. The van der Waals surface area contributed by atoms with Gasteiger partial charge in [0.2, 0.25) is 5.91 Å². The number of nitrogens with one attached hydrogen (secondary N) is 1. The zero-order chi connectivity index (χ0) is 12.3. The van der Waals surface area contributed by atoms with Crippen molar-refractivity contribution in [3.63, 3.8) is 0 Å². The lowest BCUT2D eigenvalue weighted by molar-refractivity contribution is -0.123. The number of rotatable bonds is 4. The van der Waals surface area contributed by atoms with Crippen LogP contribution in [0.4, 0.5) is 0 Å². The summed E-state index contributed by atoms with van der Waals surface area (Å²) in [7, 11) is 0. The van der Waals surface area contributed by atoms with Crippen LogP contribution < -0.4 is 10.1 Å². The highest BCUT2D eigenvalue weighted by Crippen LogP contribution is 2.33. The number of amides is 1. The highest BCUT2D eigenvalue weighted by molar-refractivity contribution is 5.85. The second-order valence-corrected chi connectivity index (χ2v) is 4.20. The lowest BCUT2D eigenvalue weighted by atomic mass is 10.00. The van der Waals surface area contributed by atoms with E-state index in [1.165, 1.54) is 0 Å². The van der Waals surface area contributed by atoms with Gasteiger partial charge in [-0.05, 0) is 12.5 Å². The normalized spacial score (nSPS) is 19.3. The third-order valence-corrected chi connectivity index (χ3v) is 3.08. The summed E-state index contributed by atoms with van der Waals surface area (Å²) in [5.74, 6) is 0.451. The molecule has 1 aliphatic rings. The molecule has 0 spiro atoms. The van der Waals surface area contributed by atoms with Crippen molar-refractivity contribution in [2.24, 2.45) is 0 Å². The van der Waals surface area contributed by atoms with Gasteiger partial charge in [0.25, 0.3) is 0 Å². The van der Waals surface area contributed by atoms with Crippen molar-refractivity contribution in [2.45, 2.75) is 25.3 Å². The van der Waals surface area contributed by atoms with Crippen LogP contribution in [0.2, 0.25) is 0 Å². The number of hydrogen-bond acceptors (Lipinski definition) is 3. The van der Waals surface area contributed by atoms with Gasteiger partial charge in [0.05, 0.1) is 12.6 Å². The minimum atomic E-state index is -0.258. The molecule has 2 rings (SSSR count). The standard InChI is InChI=1S/C13H17NO3/c1-2-9(7-15)14-13(16)11-8-17-12-6-4-3-5-10(11)12/h3-6,9,11,15H,2,7-8H2,1H3,(H,14,16)/t9-,11?/m1/s1. The third-order valence-electron chi connectivity index (χ3n) is 3.08. The topological polar surface area (TPSA) is 58.6 Å². The summed E-state index contributed by atoms with van der Waals surface area (Å²) in [6.45, 7) is 2.28. The van der Waals surface area contributed by atoms with Gasteiger partial charge >= 0.3 is 0 Å². The SMILES string of the molecule is CC[C@H](CO)NC(=O)C1COc2ccccc21. The Bertz CT molecular complexity index is 401. The first-order valence-electron chi connectivity index (χ1n) is 5.89. The smallest absolute Gasteiger partial charge is 0.231 e. The molecule has 4 nitrogen and oxygen atoms in total. The van der Waals surface area contributed by atoms with E-state index in [0.29, 0.717) is 6.61 Å². The third kappa shape index (κ3) is 2.42. The summed E-state index contributed by atoms with van der Waals surface area (Å²) in [4.78, 5) is 12.0. The van der Waals surface area contributed by atoms with Crippen molar-refractivity contribution >= 4 is 5.91 Å². The summed E-state index contributed by atoms with van der Waals surface area (Å²) in [5, 5.41) is 11.9. The fourth-order valence-corrected chi connectivity index (χ4v) is 1.96. The summed E-state index contributed by atoms with van der Waals surface area (Å²) in [6.07, 6.45) is 0.720. The van der Waals surface area contributed by atoms with Crippen LogP contribution in [0.25, 0.3) is 0 Å². The molecule has 0 bridgehead atoms. The van der Waals surface area contributed by atoms with E-state index in [2.05, 4.69) is 5.32 Å². The second-order valence-electron chi connectivity index (χ2n) is 4.20. The van der Waals surface area contributed by atoms with Gasteiger partial charge in [-0.2, -0.15) is 0 Å². The summed E-state index contributed by atoms with van der Waals surface area (Å²) >= 11 is 0. The van der Waals surface area contributed by atoms with E-state index in [0.717, 1.165) is 17.7 Å². The van der Waals surface area contributed by atoms with Gasteiger partial charge in [0, 0.05) is 5.56 Å². The molecule has 4 heteroatoms. The quantitative estimate of drug-likeness (QED) is 0.820. The van der Waals surface area contributed by atoms with E-state index < -0.39 is 0 Å². The molecule has 0 radical (unpaired) electrons. The van der Waals surface area contributed by atoms with Crippen LogP contribution in [0, 0.1) is 0 Å². The molecule has 0 fully saturated rings. The Balaban J connectivity index is 2.07. The van der Waals surface area contributed by atoms with Crippen LogP contribution in [-0.2, 0) is 4.79 Å². The number of ether oxygens (including phenoxy) is 1. The van der Waals surface area contributed by atoms with Crippen LogP contribution in [-0.4, -0.2) is 30.3 Å². The van der Waals surface area contributed by atoms with Crippen molar-refractivity contribution in [1.29, 1.82) is 0 Å². The number of aliphatic hydroxyl groups excluding tert-OH is 1. The zero-order valence-electron chi connectivity index (χ0n) is 9.85. The second kappa shape index (κ2) is 5.19. The van der Waals surface area contributed by atoms with E-state index in [1.54, 1.807) is 0 Å². The predicted octanol–water partition coefficient (Wildman–Crippen LogP) is 1.05. The Morgan fingerprint density at radius 2 is 2.35 bits per heavy atom. The summed E-state index contributed by atoms with van der Waals surface area (Å²) in [6, 6.07) is 7.40. The van der Waals surface area contributed by atoms with Crippen molar-refractivity contribution in [1.82, 2.24) is 5.32 Å². The molecule has 1 aromatic carbocycles. The summed E-state index contributed by atoms with van der Waals surface area (Å²) < 4.78 is 5.46. The molecular formula is C13H17NO3. The average Bonchev–Trinajstić information content (AvgIpc) is 2.79. The molecule has 0 saturated carbocycles. The number of fused-ring (bicyclic) bond motifs is 1. The molecule has 1 aliphatic heterocycles. The van der Waals surface area contributed by atoms with Gasteiger partial charge in [-0.25, -0.2) is 0 Å². The van der Waals surface area contributed by atoms with Gasteiger partial charge in [-0.3, -0.25) is 4.79 Å². The molecule has 2 N–H and O–H groups in total. The highest BCUT2D eigenvalue weighted by atomic mass is 16.5. The number of hydrogen-bond donors (Lipinski definition) is 2. The fourth-order valence-electron chi connectivity index (χ4n) is 1.96. The van der Waals surface area contributed by atoms with Gasteiger partial charge in [0.1, 0.15) is 18.3 Å². The van der Waals surface area contributed by atoms with E-state index in [-0.39, 0.29) is 24.5 Å². The van der Waals surface area contributed by atoms with Gasteiger partial charge in [-0.15, -0.1) is 0 Å². The number of benzene rings is 1. The molecule has 17 heavy (non-hydrogen) atoms. The van der Waals surface area contributed by atoms with Gasteiger partial charge in [0.15, 0.2) is 0 Å². The molecule has 0 aliphatic carbocycles. The Morgan fingerprint density at radius 1 is 1.59 bits per heavy atom. The zero-order valence-corrected chi connectivity index (χ0v) is 9.85.